The third-order valence-electron chi connectivity index (χ3n) is 3.39. The molecule has 0 bridgehead atoms. The van der Waals surface area contributed by atoms with Gasteiger partial charge in [0.1, 0.15) is 5.82 Å². The van der Waals surface area contributed by atoms with Crippen LogP contribution in [0.3, 0.4) is 0 Å². The first-order valence-electron chi connectivity index (χ1n) is 6.34. The van der Waals surface area contributed by atoms with Crippen LogP contribution < -0.4 is 5.32 Å². The summed E-state index contributed by atoms with van der Waals surface area (Å²) in [5.41, 5.74) is -0.193. The maximum Gasteiger partial charge on any atom is 0.166 e. The minimum absolute atomic E-state index is 0. The minimum Gasteiger partial charge on any atom is -0.314 e. The molecule has 0 aromatic heterocycles. The van der Waals surface area contributed by atoms with Crippen LogP contribution in [0.4, 0.5) is 13.2 Å². The van der Waals surface area contributed by atoms with E-state index in [9.17, 15) is 13.2 Å². The minimum atomic E-state index is -1.09. The average molecular weight is 343 g/mol. The van der Waals surface area contributed by atoms with Gasteiger partial charge >= 0.3 is 0 Å². The molecule has 1 aliphatic heterocycles. The molecule has 1 aromatic rings. The van der Waals surface area contributed by atoms with Crippen molar-refractivity contribution in [2.45, 2.75) is 12.5 Å². The van der Waals surface area contributed by atoms with Crippen LogP contribution in [0.2, 0.25) is 0 Å². The molecule has 1 aromatic carbocycles. The van der Waals surface area contributed by atoms with Crippen molar-refractivity contribution in [2.24, 2.45) is 0 Å². The zero-order valence-electron chi connectivity index (χ0n) is 11.4. The molecule has 0 radical (unpaired) electrons. The number of nitrogens with zero attached hydrogens (tertiary/aromatic N) is 1. The number of nitrogens with one attached hydrogen (secondary N) is 1. The molecule has 1 N–H and O–H groups in total. The number of halogens is 5. The number of hydrogen-bond acceptors (Lipinski definition) is 2. The van der Waals surface area contributed by atoms with Gasteiger partial charge in [-0.3, -0.25) is 4.90 Å². The largest absolute Gasteiger partial charge is 0.314 e. The molecule has 2 nitrogen and oxygen atoms in total. The quantitative estimate of drug-likeness (QED) is 0.665. The summed E-state index contributed by atoms with van der Waals surface area (Å²) in [7, 11) is 0. The monoisotopic (exact) mass is 342 g/mol. The predicted octanol–water partition coefficient (Wildman–Crippen LogP) is 3.47. The van der Waals surface area contributed by atoms with Gasteiger partial charge in [0.25, 0.3) is 0 Å². The maximum absolute atomic E-state index is 13.9. The standard InChI is InChI=1S/C14H17F3N2.2ClH/c1-2-3-12(19-8-6-18-7-9-19)13-10(15)4-5-11(16)14(13)17;;/h2,4-5,12,18H,1,3,6-9H2;2*1H/t12-;;/m0../s1. The summed E-state index contributed by atoms with van der Waals surface area (Å²) in [6.07, 6.45) is 1.99. The summed E-state index contributed by atoms with van der Waals surface area (Å²) in [5, 5.41) is 3.17. The summed E-state index contributed by atoms with van der Waals surface area (Å²) in [6, 6.07) is 1.29. The molecule has 1 atom stereocenters. The van der Waals surface area contributed by atoms with Gasteiger partial charge in [-0.1, -0.05) is 6.08 Å². The van der Waals surface area contributed by atoms with Gasteiger partial charge in [0.2, 0.25) is 0 Å². The van der Waals surface area contributed by atoms with E-state index in [-0.39, 0.29) is 30.4 Å². The number of piperazine rings is 1. The van der Waals surface area contributed by atoms with E-state index in [0.29, 0.717) is 19.5 Å². The van der Waals surface area contributed by atoms with E-state index >= 15 is 0 Å². The summed E-state index contributed by atoms with van der Waals surface area (Å²) in [4.78, 5) is 1.96. The molecule has 1 saturated heterocycles. The molecule has 7 heteroatoms. The van der Waals surface area contributed by atoms with Crippen LogP contribution in [0.15, 0.2) is 24.8 Å². The average Bonchev–Trinajstić information content (AvgIpc) is 2.43. The predicted molar refractivity (Wildman–Crippen MR) is 82.8 cm³/mol. The van der Waals surface area contributed by atoms with Crippen LogP contribution in [0.1, 0.15) is 18.0 Å². The van der Waals surface area contributed by atoms with Gasteiger partial charge in [0.05, 0.1) is 0 Å². The molecule has 0 aliphatic carbocycles. The first-order chi connectivity index (χ1) is 9.15. The zero-order valence-corrected chi connectivity index (χ0v) is 13.1. The van der Waals surface area contributed by atoms with Crippen LogP contribution in [-0.2, 0) is 0 Å². The number of hydrogen-bond donors (Lipinski definition) is 1. The Labute approximate surface area is 135 Å². The number of benzene rings is 1. The van der Waals surface area contributed by atoms with Gasteiger partial charge in [0, 0.05) is 37.8 Å². The molecule has 0 unspecified atom stereocenters. The van der Waals surface area contributed by atoms with E-state index in [2.05, 4.69) is 11.9 Å². The molecule has 1 heterocycles. The molecule has 1 fully saturated rings. The highest BCUT2D eigenvalue weighted by Gasteiger charge is 2.27. The van der Waals surface area contributed by atoms with Crippen molar-refractivity contribution in [3.05, 3.63) is 47.8 Å². The molecule has 0 amide bonds. The zero-order chi connectivity index (χ0) is 13.8. The van der Waals surface area contributed by atoms with Crippen molar-refractivity contribution in [3.8, 4) is 0 Å². The first kappa shape index (κ1) is 20.2. The Hall–Kier alpha value is -0.750. The van der Waals surface area contributed by atoms with Crippen molar-refractivity contribution in [3.63, 3.8) is 0 Å². The van der Waals surface area contributed by atoms with Crippen molar-refractivity contribution in [1.29, 1.82) is 0 Å². The van der Waals surface area contributed by atoms with Crippen LogP contribution in [-0.4, -0.2) is 31.1 Å². The third-order valence-corrected chi connectivity index (χ3v) is 3.39. The van der Waals surface area contributed by atoms with E-state index in [1.54, 1.807) is 6.08 Å². The summed E-state index contributed by atoms with van der Waals surface area (Å²) in [5.74, 6) is -2.81. The normalized spacial score (nSPS) is 16.5. The van der Waals surface area contributed by atoms with Crippen molar-refractivity contribution in [1.82, 2.24) is 10.2 Å². The fraction of sp³-hybridized carbons (Fsp3) is 0.429. The third kappa shape index (κ3) is 4.61. The topological polar surface area (TPSA) is 15.3 Å². The Kier molecular flexibility index (Phi) is 8.97. The Bertz CT molecular complexity index is 466. The number of rotatable bonds is 4. The van der Waals surface area contributed by atoms with Gasteiger partial charge < -0.3 is 5.32 Å². The second kappa shape index (κ2) is 9.30. The van der Waals surface area contributed by atoms with E-state index in [1.165, 1.54) is 0 Å². The van der Waals surface area contributed by atoms with Gasteiger partial charge in [-0.2, -0.15) is 0 Å². The molecule has 21 heavy (non-hydrogen) atoms. The van der Waals surface area contributed by atoms with E-state index in [1.807, 2.05) is 4.90 Å². The molecule has 0 saturated carbocycles. The molecule has 120 valence electrons. The fourth-order valence-electron chi connectivity index (χ4n) is 2.45. The van der Waals surface area contributed by atoms with Gasteiger partial charge in [-0.15, -0.1) is 31.4 Å². The molecule has 2 rings (SSSR count). The summed E-state index contributed by atoms with van der Waals surface area (Å²) in [6.45, 7) is 6.48. The Morgan fingerprint density at radius 3 is 2.29 bits per heavy atom. The summed E-state index contributed by atoms with van der Waals surface area (Å²) >= 11 is 0. The Morgan fingerprint density at radius 1 is 1.14 bits per heavy atom. The second-order valence-corrected chi connectivity index (χ2v) is 4.58. The molecule has 1 aliphatic rings. The Morgan fingerprint density at radius 2 is 1.71 bits per heavy atom. The second-order valence-electron chi connectivity index (χ2n) is 4.58. The van der Waals surface area contributed by atoms with Crippen molar-refractivity contribution in [2.75, 3.05) is 26.2 Å². The first-order valence-corrected chi connectivity index (χ1v) is 6.34. The van der Waals surface area contributed by atoms with Crippen molar-refractivity contribution >= 4 is 24.8 Å². The van der Waals surface area contributed by atoms with Crippen LogP contribution in [0, 0.1) is 17.5 Å². The van der Waals surface area contributed by atoms with Gasteiger partial charge in [-0.25, -0.2) is 13.2 Å². The van der Waals surface area contributed by atoms with Crippen LogP contribution in [0.25, 0.3) is 0 Å². The lowest BCUT2D eigenvalue weighted by atomic mass is 9.99. The highest BCUT2D eigenvalue weighted by molar-refractivity contribution is 5.85. The molecular formula is C14H19Cl2F3N2. The van der Waals surface area contributed by atoms with Crippen molar-refractivity contribution < 1.29 is 13.2 Å². The van der Waals surface area contributed by atoms with E-state index in [4.69, 9.17) is 0 Å². The van der Waals surface area contributed by atoms with Gasteiger partial charge in [-0.05, 0) is 18.6 Å². The fourth-order valence-corrected chi connectivity index (χ4v) is 2.45. The Balaban J connectivity index is 0.00000200. The summed E-state index contributed by atoms with van der Waals surface area (Å²) < 4.78 is 41.1. The van der Waals surface area contributed by atoms with E-state index in [0.717, 1.165) is 25.2 Å². The van der Waals surface area contributed by atoms with Gasteiger partial charge in [0.15, 0.2) is 11.6 Å². The highest BCUT2D eigenvalue weighted by atomic mass is 35.5. The lowest BCUT2D eigenvalue weighted by Crippen LogP contribution is -2.45. The van der Waals surface area contributed by atoms with E-state index < -0.39 is 23.5 Å². The SMILES string of the molecule is C=CC[C@@H](c1c(F)ccc(F)c1F)N1CCNCC1.Cl.Cl. The lowest BCUT2D eigenvalue weighted by Gasteiger charge is -2.35. The highest BCUT2D eigenvalue weighted by Crippen LogP contribution is 2.30. The maximum atomic E-state index is 13.9. The smallest absolute Gasteiger partial charge is 0.166 e. The van der Waals surface area contributed by atoms with Crippen LogP contribution >= 0.6 is 24.8 Å². The molecular weight excluding hydrogens is 324 g/mol. The van der Waals surface area contributed by atoms with Crippen LogP contribution in [0.5, 0.6) is 0 Å². The molecule has 0 spiro atoms. The lowest BCUT2D eigenvalue weighted by molar-refractivity contribution is 0.167.